The zero-order valence-electron chi connectivity index (χ0n) is 17.4. The van der Waals surface area contributed by atoms with E-state index < -0.39 is 5.97 Å². The fraction of sp³-hybridized carbons (Fsp3) is 0.0800. The second kappa shape index (κ2) is 9.75. The van der Waals surface area contributed by atoms with Crippen LogP contribution < -0.4 is 9.47 Å². The molecule has 33 heavy (non-hydrogen) atoms. The lowest BCUT2D eigenvalue weighted by Gasteiger charge is -2.14. The normalized spacial score (nSPS) is 11.2. The minimum atomic E-state index is -0.975. The van der Waals surface area contributed by atoms with Gasteiger partial charge in [-0.3, -0.25) is 0 Å². The summed E-state index contributed by atoms with van der Waals surface area (Å²) in [4.78, 5) is 15.4. The molecule has 0 spiro atoms. The lowest BCUT2D eigenvalue weighted by atomic mass is 10.1. The molecule has 0 amide bonds. The first kappa shape index (κ1) is 22.4. The van der Waals surface area contributed by atoms with Gasteiger partial charge >= 0.3 is 5.97 Å². The molecule has 7 nitrogen and oxygen atoms in total. The maximum Gasteiger partial charge on any atom is 0.335 e. The summed E-state index contributed by atoms with van der Waals surface area (Å²) in [5.41, 5.74) is 3.35. The van der Waals surface area contributed by atoms with Crippen LogP contribution in [0, 0.1) is 14.9 Å². The van der Waals surface area contributed by atoms with E-state index in [1.165, 1.54) is 12.1 Å². The highest BCUT2D eigenvalue weighted by molar-refractivity contribution is 14.1. The highest BCUT2D eigenvalue weighted by Gasteiger charge is 2.15. The van der Waals surface area contributed by atoms with Gasteiger partial charge in [-0.1, -0.05) is 24.3 Å². The quantitative estimate of drug-likeness (QED) is 0.229. The summed E-state index contributed by atoms with van der Waals surface area (Å²) in [6.45, 7) is 0.244. The number of para-hydroxylation sites is 2. The third-order valence-corrected chi connectivity index (χ3v) is 5.59. The smallest absolute Gasteiger partial charge is 0.335 e. The number of rotatable bonds is 7. The summed E-state index contributed by atoms with van der Waals surface area (Å²) < 4.78 is 18.0. The molecule has 4 aromatic rings. The van der Waals surface area contributed by atoms with Crippen LogP contribution in [-0.2, 0) is 6.61 Å². The van der Waals surface area contributed by atoms with E-state index in [1.807, 2.05) is 24.3 Å². The highest BCUT2D eigenvalue weighted by Crippen LogP contribution is 2.36. The van der Waals surface area contributed by atoms with Gasteiger partial charge in [-0.2, -0.15) is 5.26 Å². The predicted molar refractivity (Wildman–Crippen MR) is 131 cm³/mol. The molecule has 0 aliphatic carbocycles. The van der Waals surface area contributed by atoms with E-state index >= 15 is 0 Å². The van der Waals surface area contributed by atoms with Gasteiger partial charge in [0.2, 0.25) is 5.89 Å². The van der Waals surface area contributed by atoms with Gasteiger partial charge in [0, 0.05) is 0 Å². The average molecular weight is 552 g/mol. The third-order valence-electron chi connectivity index (χ3n) is 4.79. The summed E-state index contributed by atoms with van der Waals surface area (Å²) in [6.07, 6.45) is 1.68. The van der Waals surface area contributed by atoms with Crippen molar-refractivity contribution in [2.45, 2.75) is 6.61 Å². The van der Waals surface area contributed by atoms with Crippen molar-refractivity contribution >= 4 is 51.3 Å². The molecule has 0 aliphatic heterocycles. The van der Waals surface area contributed by atoms with Crippen LogP contribution in [0.2, 0.25) is 0 Å². The first-order valence-corrected chi connectivity index (χ1v) is 10.9. The van der Waals surface area contributed by atoms with E-state index in [-0.39, 0.29) is 23.6 Å². The van der Waals surface area contributed by atoms with Crippen molar-refractivity contribution in [3.8, 4) is 17.6 Å². The number of benzene rings is 3. The molecule has 8 heteroatoms. The van der Waals surface area contributed by atoms with Crippen LogP contribution in [0.4, 0.5) is 0 Å². The molecule has 1 heterocycles. The van der Waals surface area contributed by atoms with E-state index in [2.05, 4.69) is 33.6 Å². The molecule has 3 aromatic carbocycles. The van der Waals surface area contributed by atoms with Gasteiger partial charge in [0.15, 0.2) is 17.1 Å². The molecule has 0 fully saturated rings. The van der Waals surface area contributed by atoms with Crippen LogP contribution in [-0.4, -0.2) is 23.2 Å². The molecule has 0 unspecified atom stereocenters. The van der Waals surface area contributed by atoms with E-state index in [1.54, 1.807) is 37.5 Å². The molecular formula is C25H17IN2O5. The SMILES string of the molecule is COc1cc(/C=C(\C#N)c2nc3ccccc3o2)cc(I)c1OCc1ccc(C(=O)O)cc1. The van der Waals surface area contributed by atoms with Crippen molar-refractivity contribution in [1.29, 1.82) is 5.26 Å². The number of allylic oxidation sites excluding steroid dienone is 1. The number of carbonyl (C=O) groups is 1. The van der Waals surface area contributed by atoms with Gasteiger partial charge in [0.1, 0.15) is 23.8 Å². The van der Waals surface area contributed by atoms with Gasteiger partial charge in [-0.15, -0.1) is 0 Å². The second-order valence-corrected chi connectivity index (χ2v) is 8.14. The fourth-order valence-electron chi connectivity index (χ4n) is 3.16. The Bertz CT molecular complexity index is 1370. The van der Waals surface area contributed by atoms with Crippen LogP contribution >= 0.6 is 22.6 Å². The van der Waals surface area contributed by atoms with Crippen LogP contribution in [0.1, 0.15) is 27.4 Å². The molecule has 0 saturated carbocycles. The van der Waals surface area contributed by atoms with E-state index in [9.17, 15) is 10.1 Å². The minimum Gasteiger partial charge on any atom is -0.493 e. The lowest BCUT2D eigenvalue weighted by Crippen LogP contribution is -2.01. The summed E-state index contributed by atoms with van der Waals surface area (Å²) in [7, 11) is 1.54. The predicted octanol–water partition coefficient (Wildman–Crippen LogP) is 5.78. The van der Waals surface area contributed by atoms with Crippen molar-refractivity contribution in [3.63, 3.8) is 0 Å². The number of aromatic nitrogens is 1. The van der Waals surface area contributed by atoms with Crippen molar-refractivity contribution < 1.29 is 23.8 Å². The van der Waals surface area contributed by atoms with Gasteiger partial charge in [-0.05, 0) is 76.2 Å². The van der Waals surface area contributed by atoms with Crippen LogP contribution in [0.5, 0.6) is 11.5 Å². The number of carboxylic acids is 1. The Morgan fingerprint density at radius 2 is 1.97 bits per heavy atom. The third kappa shape index (κ3) is 4.99. The topological polar surface area (TPSA) is 106 Å². The highest BCUT2D eigenvalue weighted by atomic mass is 127. The molecule has 0 bridgehead atoms. The molecule has 1 aromatic heterocycles. The second-order valence-electron chi connectivity index (χ2n) is 6.98. The zero-order valence-corrected chi connectivity index (χ0v) is 19.6. The number of oxazole rings is 1. The number of methoxy groups -OCH3 is 1. The number of hydrogen-bond acceptors (Lipinski definition) is 6. The number of fused-ring (bicyclic) bond motifs is 1. The molecular weight excluding hydrogens is 535 g/mol. The van der Waals surface area contributed by atoms with Crippen molar-refractivity contribution in [3.05, 3.63) is 86.8 Å². The fourth-order valence-corrected chi connectivity index (χ4v) is 3.94. The molecule has 0 radical (unpaired) electrons. The van der Waals surface area contributed by atoms with Gasteiger partial charge in [-0.25, -0.2) is 9.78 Å². The molecule has 0 saturated heterocycles. The van der Waals surface area contributed by atoms with Crippen LogP contribution in [0.3, 0.4) is 0 Å². The Morgan fingerprint density at radius 1 is 1.21 bits per heavy atom. The Morgan fingerprint density at radius 3 is 2.64 bits per heavy atom. The maximum atomic E-state index is 11.0. The molecule has 0 aliphatic rings. The number of aromatic carboxylic acids is 1. The number of carboxylic acid groups (broad SMARTS) is 1. The number of nitrogens with zero attached hydrogens (tertiary/aromatic N) is 2. The van der Waals surface area contributed by atoms with Gasteiger partial charge in [0.25, 0.3) is 0 Å². The summed E-state index contributed by atoms with van der Waals surface area (Å²) in [6, 6.07) is 19.6. The van der Waals surface area contributed by atoms with E-state index in [0.717, 1.165) is 14.7 Å². The largest absolute Gasteiger partial charge is 0.493 e. The molecule has 164 valence electrons. The summed E-state index contributed by atoms with van der Waals surface area (Å²) in [5.74, 6) is 0.331. The molecule has 4 rings (SSSR count). The summed E-state index contributed by atoms with van der Waals surface area (Å²) >= 11 is 2.14. The first-order chi connectivity index (χ1) is 16.0. The van der Waals surface area contributed by atoms with Gasteiger partial charge < -0.3 is 19.0 Å². The number of ether oxygens (including phenoxy) is 2. The monoisotopic (exact) mass is 552 g/mol. The Labute approximate surface area is 203 Å². The average Bonchev–Trinajstić information content (AvgIpc) is 3.26. The number of halogens is 1. The van der Waals surface area contributed by atoms with Crippen molar-refractivity contribution in [2.24, 2.45) is 0 Å². The molecule has 1 N–H and O–H groups in total. The van der Waals surface area contributed by atoms with Crippen LogP contribution in [0.25, 0.3) is 22.7 Å². The van der Waals surface area contributed by atoms with E-state index in [0.29, 0.717) is 22.6 Å². The van der Waals surface area contributed by atoms with Gasteiger partial charge in [0.05, 0.1) is 16.2 Å². The first-order valence-electron chi connectivity index (χ1n) is 9.79. The van der Waals surface area contributed by atoms with Crippen molar-refractivity contribution in [2.75, 3.05) is 7.11 Å². The number of hydrogen-bond donors (Lipinski definition) is 1. The number of nitriles is 1. The van der Waals surface area contributed by atoms with Crippen LogP contribution in [0.15, 0.2) is 65.1 Å². The zero-order chi connectivity index (χ0) is 23.4. The Kier molecular flexibility index (Phi) is 6.60. The maximum absolute atomic E-state index is 11.0. The Balaban J connectivity index is 1.59. The Hall–Kier alpha value is -3.84. The van der Waals surface area contributed by atoms with Crippen molar-refractivity contribution in [1.82, 2.24) is 4.98 Å². The minimum absolute atomic E-state index is 0.217. The molecule has 0 atom stereocenters. The lowest BCUT2D eigenvalue weighted by molar-refractivity contribution is 0.0697. The summed E-state index contributed by atoms with van der Waals surface area (Å²) in [5, 5.41) is 18.7. The van der Waals surface area contributed by atoms with E-state index in [4.69, 9.17) is 19.0 Å². The standard InChI is InChI=1S/C25H17IN2O5/c1-31-22-12-16(10-18(13-27)24-28-20-4-2-3-5-21(20)33-24)11-19(26)23(22)32-14-15-6-8-17(9-7-15)25(29)30/h2-12H,14H2,1H3,(H,29,30)/b18-10+.